The van der Waals surface area contributed by atoms with E-state index in [4.69, 9.17) is 10.2 Å². The average molecular weight is 248 g/mol. The van der Waals surface area contributed by atoms with Crippen molar-refractivity contribution in [3.8, 4) is 0 Å². The summed E-state index contributed by atoms with van der Waals surface area (Å²) >= 11 is 0. The number of hydrogen-bond acceptors (Lipinski definition) is 5. The zero-order chi connectivity index (χ0) is 13.4. The number of aliphatic hydroxyl groups excluding tert-OH is 1. The van der Waals surface area contributed by atoms with Gasteiger partial charge in [0, 0.05) is 7.05 Å². The van der Waals surface area contributed by atoms with Crippen LogP contribution in [-0.4, -0.2) is 65.9 Å². The third-order valence-corrected chi connectivity index (χ3v) is 1.75. The third kappa shape index (κ3) is 6.36. The van der Waals surface area contributed by atoms with Crippen molar-refractivity contribution in [2.24, 2.45) is 0 Å². The zero-order valence-corrected chi connectivity index (χ0v) is 9.67. The van der Waals surface area contributed by atoms with Crippen LogP contribution in [0.25, 0.3) is 0 Å². The molecule has 0 aliphatic carbocycles. The van der Waals surface area contributed by atoms with Crippen LogP contribution in [0.3, 0.4) is 0 Å². The molecule has 17 heavy (non-hydrogen) atoms. The zero-order valence-electron chi connectivity index (χ0n) is 9.67. The summed E-state index contributed by atoms with van der Waals surface area (Å²) in [5.41, 5.74) is 0. The maximum Gasteiger partial charge on any atom is 0.334 e. The first-order chi connectivity index (χ1) is 7.88. The van der Waals surface area contributed by atoms with E-state index in [0.717, 1.165) is 4.90 Å². The molecule has 1 atom stereocenters. The van der Waals surface area contributed by atoms with Gasteiger partial charge in [-0.05, 0) is 6.92 Å². The number of nitrogens with zero attached hydrogens (tertiary/aromatic N) is 1. The summed E-state index contributed by atoms with van der Waals surface area (Å²) in [5.74, 6) is -2.00. The van der Waals surface area contributed by atoms with Gasteiger partial charge in [0.15, 0.2) is 6.10 Å². The Morgan fingerprint density at radius 2 is 2.00 bits per heavy atom. The number of urea groups is 1. The summed E-state index contributed by atoms with van der Waals surface area (Å²) < 4.78 is 4.62. The summed E-state index contributed by atoms with van der Waals surface area (Å²) in [6.45, 7) is 1.18. The molecule has 0 fully saturated rings. The fourth-order valence-electron chi connectivity index (χ4n) is 0.878. The number of carbonyl (C=O) groups excluding carboxylic acids is 2. The molecule has 0 spiro atoms. The van der Waals surface area contributed by atoms with Crippen molar-refractivity contribution in [3.63, 3.8) is 0 Å². The molecule has 8 heteroatoms. The lowest BCUT2D eigenvalue weighted by Crippen LogP contribution is -2.44. The van der Waals surface area contributed by atoms with Crippen molar-refractivity contribution in [3.05, 3.63) is 0 Å². The fraction of sp³-hybridized carbons (Fsp3) is 0.667. The molecule has 0 saturated carbocycles. The molecule has 2 amide bonds. The molecule has 98 valence electrons. The molecule has 0 radical (unpaired) electrons. The van der Waals surface area contributed by atoms with E-state index in [-0.39, 0.29) is 13.2 Å². The Morgan fingerprint density at radius 1 is 1.41 bits per heavy atom. The molecule has 0 saturated heterocycles. The van der Waals surface area contributed by atoms with Gasteiger partial charge in [0.1, 0.15) is 6.54 Å². The van der Waals surface area contributed by atoms with Crippen LogP contribution in [-0.2, 0) is 14.3 Å². The predicted molar refractivity (Wildman–Crippen MR) is 56.3 cm³/mol. The number of ether oxygens (including phenoxy) is 1. The van der Waals surface area contributed by atoms with Crippen molar-refractivity contribution < 1.29 is 29.3 Å². The van der Waals surface area contributed by atoms with Crippen LogP contribution in [0, 0.1) is 0 Å². The fourth-order valence-corrected chi connectivity index (χ4v) is 0.878. The SMILES string of the molecule is CCOC(=O)CN(C)C(=O)NCC(O)C(=O)O. The smallest absolute Gasteiger partial charge is 0.334 e. The number of aliphatic hydroxyl groups is 1. The van der Waals surface area contributed by atoms with Gasteiger partial charge < -0.3 is 25.2 Å². The summed E-state index contributed by atoms with van der Waals surface area (Å²) in [5, 5.41) is 19.4. The van der Waals surface area contributed by atoms with Crippen LogP contribution >= 0.6 is 0 Å². The topological polar surface area (TPSA) is 116 Å². The van der Waals surface area contributed by atoms with E-state index < -0.39 is 30.6 Å². The highest BCUT2D eigenvalue weighted by atomic mass is 16.5. The Hall–Kier alpha value is -1.83. The highest BCUT2D eigenvalue weighted by Gasteiger charge is 2.17. The van der Waals surface area contributed by atoms with E-state index in [9.17, 15) is 14.4 Å². The maximum atomic E-state index is 11.3. The summed E-state index contributed by atoms with van der Waals surface area (Å²) in [4.78, 5) is 33.6. The lowest BCUT2D eigenvalue weighted by molar-refractivity contribution is -0.146. The van der Waals surface area contributed by atoms with E-state index in [2.05, 4.69) is 10.1 Å². The summed E-state index contributed by atoms with van der Waals surface area (Å²) in [6.07, 6.45) is -1.67. The van der Waals surface area contributed by atoms with Gasteiger partial charge in [0.2, 0.25) is 0 Å². The number of esters is 1. The first-order valence-corrected chi connectivity index (χ1v) is 4.94. The van der Waals surface area contributed by atoms with Gasteiger partial charge in [-0.2, -0.15) is 0 Å². The van der Waals surface area contributed by atoms with Crippen molar-refractivity contribution >= 4 is 18.0 Å². The Morgan fingerprint density at radius 3 is 2.47 bits per heavy atom. The van der Waals surface area contributed by atoms with Crippen LogP contribution in [0.5, 0.6) is 0 Å². The number of carbonyl (C=O) groups is 3. The van der Waals surface area contributed by atoms with Crippen LogP contribution in [0.4, 0.5) is 4.79 Å². The number of carboxylic acids is 1. The van der Waals surface area contributed by atoms with E-state index in [1.165, 1.54) is 7.05 Å². The van der Waals surface area contributed by atoms with Crippen LogP contribution in [0.2, 0.25) is 0 Å². The van der Waals surface area contributed by atoms with Crippen LogP contribution in [0.1, 0.15) is 6.92 Å². The van der Waals surface area contributed by atoms with Gasteiger partial charge in [-0.15, -0.1) is 0 Å². The van der Waals surface area contributed by atoms with Crippen molar-refractivity contribution in [1.82, 2.24) is 10.2 Å². The average Bonchev–Trinajstić information content (AvgIpc) is 2.25. The van der Waals surface area contributed by atoms with E-state index in [1.54, 1.807) is 6.92 Å². The van der Waals surface area contributed by atoms with E-state index in [0.29, 0.717) is 0 Å². The molecule has 1 unspecified atom stereocenters. The number of hydrogen-bond donors (Lipinski definition) is 3. The Kier molecular flexibility index (Phi) is 6.64. The molecule has 0 bridgehead atoms. The Labute approximate surface area is 98.2 Å². The number of carboxylic acid groups (broad SMARTS) is 1. The minimum atomic E-state index is -1.67. The molecule has 0 heterocycles. The molecule has 3 N–H and O–H groups in total. The minimum Gasteiger partial charge on any atom is -0.479 e. The molecule has 0 aromatic carbocycles. The second-order valence-corrected chi connectivity index (χ2v) is 3.20. The first-order valence-electron chi connectivity index (χ1n) is 4.94. The monoisotopic (exact) mass is 248 g/mol. The first kappa shape index (κ1) is 15.2. The highest BCUT2D eigenvalue weighted by Crippen LogP contribution is 1.88. The number of amides is 2. The predicted octanol–water partition coefficient (Wildman–Crippen LogP) is -1.36. The second kappa shape index (κ2) is 7.44. The lowest BCUT2D eigenvalue weighted by Gasteiger charge is -2.17. The third-order valence-electron chi connectivity index (χ3n) is 1.75. The van der Waals surface area contributed by atoms with Gasteiger partial charge in [0.05, 0.1) is 13.2 Å². The summed E-state index contributed by atoms with van der Waals surface area (Å²) in [7, 11) is 1.35. The number of rotatable bonds is 6. The van der Waals surface area contributed by atoms with Crippen molar-refractivity contribution in [2.75, 3.05) is 26.7 Å². The van der Waals surface area contributed by atoms with Gasteiger partial charge in [-0.1, -0.05) is 0 Å². The number of nitrogens with one attached hydrogen (secondary N) is 1. The van der Waals surface area contributed by atoms with Gasteiger partial charge in [0.25, 0.3) is 0 Å². The molecule has 0 rings (SSSR count). The molecule has 8 nitrogen and oxygen atoms in total. The molecular formula is C9H16N2O6. The molecule has 0 aliphatic rings. The number of likely N-dealkylation sites (N-methyl/N-ethyl adjacent to an activating group) is 1. The molecule has 0 aromatic rings. The van der Waals surface area contributed by atoms with Gasteiger partial charge in [-0.25, -0.2) is 9.59 Å². The maximum absolute atomic E-state index is 11.3. The Bertz CT molecular complexity index is 293. The van der Waals surface area contributed by atoms with Crippen molar-refractivity contribution in [2.45, 2.75) is 13.0 Å². The molecule has 0 aliphatic heterocycles. The molecule has 0 aromatic heterocycles. The van der Waals surface area contributed by atoms with Crippen molar-refractivity contribution in [1.29, 1.82) is 0 Å². The lowest BCUT2D eigenvalue weighted by atomic mass is 10.3. The number of aliphatic carboxylic acids is 1. The summed E-state index contributed by atoms with van der Waals surface area (Å²) in [6, 6.07) is -0.668. The standard InChI is InChI=1S/C9H16N2O6/c1-3-17-7(13)5-11(2)9(16)10-4-6(12)8(14)15/h6,12H,3-5H2,1-2H3,(H,10,16)(H,14,15). The van der Waals surface area contributed by atoms with Crippen LogP contribution in [0.15, 0.2) is 0 Å². The van der Waals surface area contributed by atoms with E-state index >= 15 is 0 Å². The van der Waals surface area contributed by atoms with Crippen LogP contribution < -0.4 is 5.32 Å². The quantitative estimate of drug-likeness (QED) is 0.500. The van der Waals surface area contributed by atoms with Gasteiger partial charge in [-0.3, -0.25) is 4.79 Å². The minimum absolute atomic E-state index is 0.214. The van der Waals surface area contributed by atoms with E-state index in [1.807, 2.05) is 0 Å². The largest absolute Gasteiger partial charge is 0.479 e. The van der Waals surface area contributed by atoms with Gasteiger partial charge >= 0.3 is 18.0 Å². The normalized spacial score (nSPS) is 11.5. The Balaban J connectivity index is 3.97. The molecular weight excluding hydrogens is 232 g/mol. The highest BCUT2D eigenvalue weighted by molar-refractivity contribution is 5.81. The second-order valence-electron chi connectivity index (χ2n) is 3.20.